The summed E-state index contributed by atoms with van der Waals surface area (Å²) in [5.41, 5.74) is 1.76. The van der Waals surface area contributed by atoms with Crippen LogP contribution < -0.4 is 0 Å². The topological polar surface area (TPSA) is 73.8 Å². The molecule has 7 nitrogen and oxygen atoms in total. The third-order valence-electron chi connectivity index (χ3n) is 5.12. The van der Waals surface area contributed by atoms with Crippen molar-refractivity contribution in [2.75, 3.05) is 40.3 Å². The van der Waals surface area contributed by atoms with E-state index in [0.29, 0.717) is 60.1 Å². The van der Waals surface area contributed by atoms with Crippen molar-refractivity contribution in [1.29, 1.82) is 0 Å². The van der Waals surface area contributed by atoms with Crippen LogP contribution in [0.2, 0.25) is 5.02 Å². The van der Waals surface area contributed by atoms with E-state index < -0.39 is 0 Å². The Kier molecular flexibility index (Phi) is 6.72. The number of benzene rings is 1. The van der Waals surface area contributed by atoms with Gasteiger partial charge in [-0.05, 0) is 37.6 Å². The van der Waals surface area contributed by atoms with E-state index in [0.717, 1.165) is 0 Å². The minimum Gasteiger partial charge on any atom is -0.343 e. The Labute approximate surface area is 181 Å². The van der Waals surface area contributed by atoms with Crippen LogP contribution in [0.1, 0.15) is 43.3 Å². The van der Waals surface area contributed by atoms with Crippen molar-refractivity contribution in [3.8, 4) is 0 Å². The minimum atomic E-state index is -0.208. The van der Waals surface area contributed by atoms with Crippen LogP contribution in [0.3, 0.4) is 0 Å². The van der Waals surface area contributed by atoms with Crippen LogP contribution >= 0.6 is 11.6 Å². The molecule has 0 unspecified atom stereocenters. The van der Waals surface area contributed by atoms with Crippen LogP contribution in [0.4, 0.5) is 0 Å². The number of hydrogen-bond donors (Lipinski definition) is 0. The molecule has 1 fully saturated rings. The second kappa shape index (κ2) is 9.26. The molecule has 0 aliphatic carbocycles. The maximum absolute atomic E-state index is 13.1. The summed E-state index contributed by atoms with van der Waals surface area (Å²) in [6.45, 7) is 3.68. The van der Waals surface area contributed by atoms with Gasteiger partial charge in [0.15, 0.2) is 0 Å². The number of carbonyl (C=O) groups is 3. The van der Waals surface area contributed by atoms with Crippen molar-refractivity contribution >= 4 is 29.3 Å². The number of amides is 3. The molecule has 30 heavy (non-hydrogen) atoms. The van der Waals surface area contributed by atoms with E-state index in [1.807, 2.05) is 0 Å². The smallest absolute Gasteiger partial charge is 0.271 e. The largest absolute Gasteiger partial charge is 0.343 e. The Hall–Kier alpha value is -2.93. The SMILES string of the molecule is Cc1nc(C(=O)N(C)C)ccc1C(=O)N1CCCN(C(=O)c2ccccc2Cl)CC1. The quantitative estimate of drug-likeness (QED) is 0.753. The molecule has 0 N–H and O–H groups in total. The predicted molar refractivity (Wildman–Crippen MR) is 115 cm³/mol. The first-order chi connectivity index (χ1) is 14.3. The van der Waals surface area contributed by atoms with E-state index in [9.17, 15) is 14.4 Å². The summed E-state index contributed by atoms with van der Waals surface area (Å²) in [6.07, 6.45) is 0.672. The Bertz CT molecular complexity index is 977. The molecule has 0 atom stereocenters. The Morgan fingerprint density at radius 3 is 2.07 bits per heavy atom. The van der Waals surface area contributed by atoms with Crippen LogP contribution in [-0.2, 0) is 0 Å². The summed E-state index contributed by atoms with van der Waals surface area (Å²) in [5, 5.41) is 0.425. The average Bonchev–Trinajstić information content (AvgIpc) is 2.98. The van der Waals surface area contributed by atoms with Gasteiger partial charge in [-0.15, -0.1) is 0 Å². The van der Waals surface area contributed by atoms with Gasteiger partial charge in [-0.25, -0.2) is 4.98 Å². The Morgan fingerprint density at radius 2 is 1.50 bits per heavy atom. The first kappa shape index (κ1) is 21.8. The molecule has 1 aromatic heterocycles. The molecule has 0 bridgehead atoms. The standard InChI is InChI=1S/C22H25ClN4O3/c1-15-16(9-10-19(24-15)22(30)25(2)3)20(28)26-11-6-12-27(14-13-26)21(29)17-7-4-5-8-18(17)23/h4-5,7-10H,6,11-14H2,1-3H3. The molecule has 158 valence electrons. The van der Waals surface area contributed by atoms with E-state index >= 15 is 0 Å². The first-order valence-corrected chi connectivity index (χ1v) is 10.2. The van der Waals surface area contributed by atoms with E-state index in [2.05, 4.69) is 4.98 Å². The van der Waals surface area contributed by atoms with Crippen molar-refractivity contribution < 1.29 is 14.4 Å². The van der Waals surface area contributed by atoms with Gasteiger partial charge in [-0.2, -0.15) is 0 Å². The number of hydrogen-bond acceptors (Lipinski definition) is 4. The molecule has 0 saturated carbocycles. The molecule has 1 aliphatic heterocycles. The number of pyridine rings is 1. The molecule has 3 amide bonds. The molecule has 2 aromatic rings. The summed E-state index contributed by atoms with van der Waals surface area (Å²) < 4.78 is 0. The highest BCUT2D eigenvalue weighted by atomic mass is 35.5. The zero-order chi connectivity index (χ0) is 21.8. The van der Waals surface area contributed by atoms with E-state index in [4.69, 9.17) is 11.6 Å². The summed E-state index contributed by atoms with van der Waals surface area (Å²) in [4.78, 5) is 47.2. The van der Waals surface area contributed by atoms with E-state index in [1.165, 1.54) is 4.90 Å². The number of aryl methyl sites for hydroxylation is 1. The summed E-state index contributed by atoms with van der Waals surface area (Å²) in [6, 6.07) is 10.2. The molecule has 3 rings (SSSR count). The van der Waals surface area contributed by atoms with Gasteiger partial charge in [-0.1, -0.05) is 23.7 Å². The number of nitrogens with zero attached hydrogens (tertiary/aromatic N) is 4. The van der Waals surface area contributed by atoms with Gasteiger partial charge in [0.05, 0.1) is 21.8 Å². The Morgan fingerprint density at radius 1 is 0.900 bits per heavy atom. The lowest BCUT2D eigenvalue weighted by atomic mass is 10.1. The second-order valence-corrected chi connectivity index (χ2v) is 7.85. The summed E-state index contributed by atoms with van der Waals surface area (Å²) >= 11 is 6.16. The first-order valence-electron chi connectivity index (χ1n) is 9.82. The van der Waals surface area contributed by atoms with Crippen LogP contribution in [-0.4, -0.2) is 77.7 Å². The normalized spacial score (nSPS) is 14.3. The molecule has 1 saturated heterocycles. The second-order valence-electron chi connectivity index (χ2n) is 7.45. The molecule has 8 heteroatoms. The fourth-order valence-corrected chi connectivity index (χ4v) is 3.65. The third-order valence-corrected chi connectivity index (χ3v) is 5.45. The number of halogens is 1. The van der Waals surface area contributed by atoms with Gasteiger partial charge in [0, 0.05) is 40.3 Å². The lowest BCUT2D eigenvalue weighted by Crippen LogP contribution is -2.37. The number of carbonyl (C=O) groups excluding carboxylic acids is 3. The minimum absolute atomic E-state index is 0.126. The van der Waals surface area contributed by atoms with Crippen LogP contribution in [0.25, 0.3) is 0 Å². The van der Waals surface area contributed by atoms with Gasteiger partial charge >= 0.3 is 0 Å². The van der Waals surface area contributed by atoms with Gasteiger partial charge in [-0.3, -0.25) is 14.4 Å². The van der Waals surface area contributed by atoms with Crippen LogP contribution in [0.5, 0.6) is 0 Å². The third kappa shape index (κ3) is 4.62. The Balaban J connectivity index is 1.71. The summed E-state index contributed by atoms with van der Waals surface area (Å²) in [5.74, 6) is -0.476. The molecule has 0 radical (unpaired) electrons. The molecule has 1 aliphatic rings. The van der Waals surface area contributed by atoms with Gasteiger partial charge < -0.3 is 14.7 Å². The van der Waals surface area contributed by atoms with Crippen molar-refractivity contribution in [2.45, 2.75) is 13.3 Å². The van der Waals surface area contributed by atoms with Crippen molar-refractivity contribution in [3.63, 3.8) is 0 Å². The highest BCUT2D eigenvalue weighted by Crippen LogP contribution is 2.19. The van der Waals surface area contributed by atoms with Gasteiger partial charge in [0.2, 0.25) is 0 Å². The van der Waals surface area contributed by atoms with E-state index in [1.54, 1.807) is 67.2 Å². The molecular formula is C22H25ClN4O3. The zero-order valence-corrected chi connectivity index (χ0v) is 18.1. The highest BCUT2D eigenvalue weighted by molar-refractivity contribution is 6.33. The van der Waals surface area contributed by atoms with Crippen LogP contribution in [0, 0.1) is 6.92 Å². The average molecular weight is 429 g/mol. The predicted octanol–water partition coefficient (Wildman–Crippen LogP) is 2.73. The lowest BCUT2D eigenvalue weighted by Gasteiger charge is -2.23. The lowest BCUT2D eigenvalue weighted by molar-refractivity contribution is 0.0718. The molecular weight excluding hydrogens is 404 g/mol. The zero-order valence-electron chi connectivity index (χ0n) is 17.4. The monoisotopic (exact) mass is 428 g/mol. The van der Waals surface area contributed by atoms with Gasteiger partial charge in [0.1, 0.15) is 5.69 Å². The maximum Gasteiger partial charge on any atom is 0.271 e. The van der Waals surface area contributed by atoms with Crippen LogP contribution in [0.15, 0.2) is 36.4 Å². The summed E-state index contributed by atoms with van der Waals surface area (Å²) in [7, 11) is 3.32. The molecule has 2 heterocycles. The van der Waals surface area contributed by atoms with E-state index in [-0.39, 0.29) is 17.7 Å². The number of aromatic nitrogens is 1. The van der Waals surface area contributed by atoms with Gasteiger partial charge in [0.25, 0.3) is 17.7 Å². The number of rotatable bonds is 3. The maximum atomic E-state index is 13.1. The molecule has 1 aromatic carbocycles. The molecule has 0 spiro atoms. The fourth-order valence-electron chi connectivity index (χ4n) is 3.43. The fraction of sp³-hybridized carbons (Fsp3) is 0.364. The van der Waals surface area contributed by atoms with Crippen molar-refractivity contribution in [1.82, 2.24) is 19.7 Å². The van der Waals surface area contributed by atoms with Crippen molar-refractivity contribution in [2.24, 2.45) is 0 Å². The van der Waals surface area contributed by atoms with Crippen molar-refractivity contribution in [3.05, 3.63) is 63.9 Å². The highest BCUT2D eigenvalue weighted by Gasteiger charge is 2.26.